The van der Waals surface area contributed by atoms with Crippen LogP contribution in [0.25, 0.3) is 0 Å². The predicted octanol–water partition coefficient (Wildman–Crippen LogP) is 4.06. The van der Waals surface area contributed by atoms with Gasteiger partial charge in [-0.05, 0) is 30.2 Å². The van der Waals surface area contributed by atoms with Crippen molar-refractivity contribution in [3.63, 3.8) is 0 Å². The van der Waals surface area contributed by atoms with Gasteiger partial charge in [-0.3, -0.25) is 4.79 Å². The molecule has 2 nitrogen and oxygen atoms in total. The second kappa shape index (κ2) is 6.06. The van der Waals surface area contributed by atoms with Crippen LogP contribution in [0.2, 0.25) is 5.02 Å². The van der Waals surface area contributed by atoms with Crippen LogP contribution in [0, 0.1) is 12.7 Å². The Morgan fingerprint density at radius 1 is 1.20 bits per heavy atom. The summed E-state index contributed by atoms with van der Waals surface area (Å²) in [7, 11) is 1.63. The van der Waals surface area contributed by atoms with Gasteiger partial charge in [-0.25, -0.2) is 4.39 Å². The second-order valence-corrected chi connectivity index (χ2v) is 5.10. The standard InChI is InChI=1S/C16H15ClFNO/c1-11-6-5-8-13(15(11)18)16(20)19(2)10-12-7-3-4-9-14(12)17/h3-9H,10H2,1-2H3. The van der Waals surface area contributed by atoms with Gasteiger partial charge >= 0.3 is 0 Å². The monoisotopic (exact) mass is 291 g/mol. The molecule has 0 unspecified atom stereocenters. The molecule has 2 aromatic rings. The lowest BCUT2D eigenvalue weighted by Crippen LogP contribution is -2.27. The molecule has 0 spiro atoms. The molecule has 0 radical (unpaired) electrons. The molecule has 0 saturated carbocycles. The summed E-state index contributed by atoms with van der Waals surface area (Å²) >= 11 is 6.06. The van der Waals surface area contributed by atoms with Crippen molar-refractivity contribution >= 4 is 17.5 Å². The molecule has 1 amide bonds. The van der Waals surface area contributed by atoms with Gasteiger partial charge in [0.1, 0.15) is 5.82 Å². The maximum Gasteiger partial charge on any atom is 0.256 e. The molecule has 0 N–H and O–H groups in total. The Morgan fingerprint density at radius 2 is 1.90 bits per heavy atom. The zero-order chi connectivity index (χ0) is 14.7. The van der Waals surface area contributed by atoms with E-state index in [4.69, 9.17) is 11.6 Å². The Hall–Kier alpha value is -1.87. The first kappa shape index (κ1) is 14.5. The number of carbonyl (C=O) groups excluding carboxylic acids is 1. The smallest absolute Gasteiger partial charge is 0.256 e. The number of carbonyl (C=O) groups is 1. The summed E-state index contributed by atoms with van der Waals surface area (Å²) in [6.07, 6.45) is 0. The number of hydrogen-bond acceptors (Lipinski definition) is 1. The van der Waals surface area contributed by atoms with Crippen LogP contribution in [0.4, 0.5) is 4.39 Å². The van der Waals surface area contributed by atoms with Crippen LogP contribution in [0.15, 0.2) is 42.5 Å². The largest absolute Gasteiger partial charge is 0.337 e. The number of aryl methyl sites for hydroxylation is 1. The minimum absolute atomic E-state index is 0.0829. The van der Waals surface area contributed by atoms with E-state index in [1.54, 1.807) is 32.2 Å². The maximum atomic E-state index is 14.0. The predicted molar refractivity (Wildman–Crippen MR) is 78.4 cm³/mol. The van der Waals surface area contributed by atoms with E-state index in [2.05, 4.69) is 0 Å². The zero-order valence-corrected chi connectivity index (χ0v) is 12.1. The Bertz CT molecular complexity index is 642. The SMILES string of the molecule is Cc1cccc(C(=O)N(C)Cc2ccccc2Cl)c1F. The highest BCUT2D eigenvalue weighted by molar-refractivity contribution is 6.31. The highest BCUT2D eigenvalue weighted by Crippen LogP contribution is 2.19. The maximum absolute atomic E-state index is 14.0. The van der Waals surface area contributed by atoms with E-state index < -0.39 is 5.82 Å². The minimum Gasteiger partial charge on any atom is -0.337 e. The molecule has 2 rings (SSSR count). The van der Waals surface area contributed by atoms with Crippen molar-refractivity contribution in [1.29, 1.82) is 0 Å². The van der Waals surface area contributed by atoms with Gasteiger partial charge in [-0.2, -0.15) is 0 Å². The topological polar surface area (TPSA) is 20.3 Å². The Labute approximate surface area is 122 Å². The number of amides is 1. The molecule has 2 aromatic carbocycles. The highest BCUT2D eigenvalue weighted by atomic mass is 35.5. The first-order chi connectivity index (χ1) is 9.50. The van der Waals surface area contributed by atoms with Gasteiger partial charge in [0.05, 0.1) is 5.56 Å². The lowest BCUT2D eigenvalue weighted by atomic mass is 10.1. The molecule has 0 aliphatic rings. The summed E-state index contributed by atoms with van der Waals surface area (Å²) in [5, 5.41) is 0.594. The quantitative estimate of drug-likeness (QED) is 0.835. The van der Waals surface area contributed by atoms with Crippen LogP contribution in [0.5, 0.6) is 0 Å². The fraction of sp³-hybridized carbons (Fsp3) is 0.188. The van der Waals surface area contributed by atoms with Crippen molar-refractivity contribution < 1.29 is 9.18 Å². The van der Waals surface area contributed by atoms with Crippen molar-refractivity contribution in [2.45, 2.75) is 13.5 Å². The molecule has 20 heavy (non-hydrogen) atoms. The molecule has 0 aliphatic carbocycles. The first-order valence-electron chi connectivity index (χ1n) is 6.24. The van der Waals surface area contributed by atoms with Crippen molar-refractivity contribution in [2.75, 3.05) is 7.05 Å². The lowest BCUT2D eigenvalue weighted by molar-refractivity contribution is 0.0780. The van der Waals surface area contributed by atoms with Crippen LogP contribution < -0.4 is 0 Å². The van der Waals surface area contributed by atoms with E-state index >= 15 is 0 Å². The summed E-state index contributed by atoms with van der Waals surface area (Å²) in [5.74, 6) is -0.824. The summed E-state index contributed by atoms with van der Waals surface area (Å²) in [6, 6.07) is 12.1. The van der Waals surface area contributed by atoms with Gasteiger partial charge in [0.25, 0.3) is 5.91 Å². The Morgan fingerprint density at radius 3 is 2.60 bits per heavy atom. The summed E-state index contributed by atoms with van der Waals surface area (Å²) in [4.78, 5) is 13.7. The number of benzene rings is 2. The van der Waals surface area contributed by atoms with E-state index in [1.807, 2.05) is 18.2 Å². The number of nitrogens with zero attached hydrogens (tertiary/aromatic N) is 1. The average Bonchev–Trinajstić information content (AvgIpc) is 2.43. The van der Waals surface area contributed by atoms with E-state index in [0.29, 0.717) is 17.1 Å². The van der Waals surface area contributed by atoms with Crippen LogP contribution in [-0.2, 0) is 6.54 Å². The molecule has 0 aromatic heterocycles. The second-order valence-electron chi connectivity index (χ2n) is 4.69. The zero-order valence-electron chi connectivity index (χ0n) is 11.4. The van der Waals surface area contributed by atoms with Crippen LogP contribution >= 0.6 is 11.6 Å². The van der Waals surface area contributed by atoms with Crippen LogP contribution in [0.3, 0.4) is 0 Å². The van der Waals surface area contributed by atoms with E-state index in [0.717, 1.165) is 5.56 Å². The molecule has 104 valence electrons. The average molecular weight is 292 g/mol. The summed E-state index contributed by atoms with van der Waals surface area (Å²) in [6.45, 7) is 1.98. The summed E-state index contributed by atoms with van der Waals surface area (Å²) in [5.41, 5.74) is 1.37. The Kier molecular flexibility index (Phi) is 4.40. The third kappa shape index (κ3) is 2.99. The van der Waals surface area contributed by atoms with E-state index in [9.17, 15) is 9.18 Å². The summed E-state index contributed by atoms with van der Waals surface area (Å²) < 4.78 is 14.0. The number of halogens is 2. The van der Waals surface area contributed by atoms with Gasteiger partial charge < -0.3 is 4.90 Å². The molecule has 0 saturated heterocycles. The van der Waals surface area contributed by atoms with E-state index in [1.165, 1.54) is 11.0 Å². The van der Waals surface area contributed by atoms with Gasteiger partial charge in [-0.15, -0.1) is 0 Å². The molecule has 0 atom stereocenters. The molecule has 0 bridgehead atoms. The minimum atomic E-state index is -0.469. The van der Waals surface area contributed by atoms with E-state index in [-0.39, 0.29) is 11.5 Å². The van der Waals surface area contributed by atoms with Crippen molar-refractivity contribution in [1.82, 2.24) is 4.90 Å². The van der Waals surface area contributed by atoms with Crippen LogP contribution in [0.1, 0.15) is 21.5 Å². The fourth-order valence-corrected chi connectivity index (χ4v) is 2.17. The Balaban J connectivity index is 2.21. The third-order valence-corrected chi connectivity index (χ3v) is 3.50. The van der Waals surface area contributed by atoms with Crippen molar-refractivity contribution in [3.8, 4) is 0 Å². The molecule has 0 heterocycles. The fourth-order valence-electron chi connectivity index (χ4n) is 1.97. The molecule has 4 heteroatoms. The third-order valence-electron chi connectivity index (χ3n) is 3.13. The first-order valence-corrected chi connectivity index (χ1v) is 6.62. The molecular formula is C16H15ClFNO. The number of rotatable bonds is 3. The highest BCUT2D eigenvalue weighted by Gasteiger charge is 2.17. The van der Waals surface area contributed by atoms with Crippen molar-refractivity contribution in [3.05, 3.63) is 70.0 Å². The number of hydrogen-bond donors (Lipinski definition) is 0. The normalized spacial score (nSPS) is 10.4. The molecule has 0 fully saturated rings. The van der Waals surface area contributed by atoms with Gasteiger partial charge in [0.2, 0.25) is 0 Å². The van der Waals surface area contributed by atoms with Gasteiger partial charge in [0, 0.05) is 18.6 Å². The van der Waals surface area contributed by atoms with Crippen LogP contribution in [-0.4, -0.2) is 17.9 Å². The van der Waals surface area contributed by atoms with Gasteiger partial charge in [0.15, 0.2) is 0 Å². The van der Waals surface area contributed by atoms with Crippen molar-refractivity contribution in [2.24, 2.45) is 0 Å². The molecular weight excluding hydrogens is 277 g/mol. The molecule has 0 aliphatic heterocycles. The van der Waals surface area contributed by atoms with Gasteiger partial charge in [-0.1, -0.05) is 41.9 Å². The lowest BCUT2D eigenvalue weighted by Gasteiger charge is -2.18.